The zero-order valence-corrected chi connectivity index (χ0v) is 25.5. The smallest absolute Gasteiger partial charge is 0.336 e. The third-order valence-electron chi connectivity index (χ3n) is 11.3. The molecule has 0 aromatic carbocycles. The highest BCUT2D eigenvalue weighted by Crippen LogP contribution is 2.66. The van der Waals surface area contributed by atoms with E-state index in [4.69, 9.17) is 14.2 Å². The van der Waals surface area contributed by atoms with Crippen molar-refractivity contribution in [3.8, 4) is 0 Å². The van der Waals surface area contributed by atoms with E-state index in [1.54, 1.807) is 6.20 Å². The van der Waals surface area contributed by atoms with Gasteiger partial charge in [0, 0.05) is 30.7 Å². The minimum absolute atomic E-state index is 0.0335. The number of nitrogens with zero attached hydrogens (tertiary/aromatic N) is 2. The molecule has 4 heterocycles. The van der Waals surface area contributed by atoms with E-state index in [2.05, 4.69) is 22.5 Å². The number of aliphatic hydroxyl groups excluding tert-OH is 2. The number of esters is 1. The maximum absolute atomic E-state index is 13.5. The van der Waals surface area contributed by atoms with Gasteiger partial charge in [-0.3, -0.25) is 4.79 Å². The summed E-state index contributed by atoms with van der Waals surface area (Å²) in [4.78, 5) is 32.7. The Labute approximate surface area is 253 Å². The van der Waals surface area contributed by atoms with Gasteiger partial charge >= 0.3 is 5.97 Å². The predicted octanol–water partition coefficient (Wildman–Crippen LogP) is 1.51. The van der Waals surface area contributed by atoms with Crippen LogP contribution in [-0.4, -0.2) is 108 Å². The Bertz CT molecular complexity index is 1220. The molecule has 1 amide bonds. The van der Waals surface area contributed by atoms with Crippen LogP contribution >= 0.6 is 0 Å². The molecule has 236 valence electrons. The molecule has 11 heteroatoms. The number of fused-ring (bicyclic) bond motifs is 1. The number of aromatic nitrogens is 1. The average Bonchev–Trinajstić information content (AvgIpc) is 3.70. The number of hydrogen-bond donors (Lipinski definition) is 4. The Hall–Kier alpha value is -2.57. The molecule has 3 aliphatic heterocycles. The van der Waals surface area contributed by atoms with E-state index in [1.807, 2.05) is 43.0 Å². The third kappa shape index (κ3) is 5.37. The Kier molecular flexibility index (Phi) is 8.31. The molecule has 1 aromatic heterocycles. The molecule has 0 radical (unpaired) electrons. The number of carbonyl (C=O) groups is 2. The van der Waals surface area contributed by atoms with E-state index in [0.29, 0.717) is 63.6 Å². The van der Waals surface area contributed by atoms with E-state index >= 15 is 0 Å². The van der Waals surface area contributed by atoms with Crippen LogP contribution in [0.3, 0.4) is 0 Å². The highest BCUT2D eigenvalue weighted by molar-refractivity contribution is 5.92. The lowest BCUT2D eigenvalue weighted by atomic mass is 9.43. The largest absolute Gasteiger partial charge is 0.458 e. The number of nitrogens with one attached hydrogen (secondary N) is 2. The lowest BCUT2D eigenvalue weighted by molar-refractivity contribution is -0.184. The molecule has 4 fully saturated rings. The van der Waals surface area contributed by atoms with Gasteiger partial charge < -0.3 is 40.0 Å². The van der Waals surface area contributed by atoms with Crippen LogP contribution in [0.2, 0.25) is 0 Å². The number of morpholine rings is 1. The summed E-state index contributed by atoms with van der Waals surface area (Å²) in [5.41, 5.74) is -1.02. The van der Waals surface area contributed by atoms with Crippen LogP contribution < -0.4 is 10.6 Å². The zero-order valence-electron chi connectivity index (χ0n) is 25.5. The molecule has 9 atom stereocenters. The molecule has 2 saturated carbocycles. The van der Waals surface area contributed by atoms with Crippen LogP contribution in [0, 0.1) is 22.7 Å². The average molecular weight is 599 g/mol. The van der Waals surface area contributed by atoms with Gasteiger partial charge in [-0.15, -0.1) is 0 Å². The highest BCUT2D eigenvalue weighted by atomic mass is 16.6. The van der Waals surface area contributed by atoms with E-state index < -0.39 is 23.2 Å². The van der Waals surface area contributed by atoms with Gasteiger partial charge in [-0.05, 0) is 68.1 Å². The summed E-state index contributed by atoms with van der Waals surface area (Å²) in [5.74, 6) is 0.240. The topological polar surface area (TPSA) is 146 Å². The molecule has 6 unspecified atom stereocenters. The van der Waals surface area contributed by atoms with Crippen LogP contribution in [-0.2, 0) is 23.8 Å². The summed E-state index contributed by atoms with van der Waals surface area (Å²) in [5, 5.41) is 29.2. The third-order valence-corrected chi connectivity index (χ3v) is 11.3. The fourth-order valence-electron chi connectivity index (χ4n) is 8.72. The molecule has 5 aliphatic rings. The van der Waals surface area contributed by atoms with Crippen LogP contribution in [0.15, 0.2) is 36.0 Å². The number of cyclic esters (lactones) is 1. The number of carbonyl (C=O) groups excluding carboxylic acids is 2. The Morgan fingerprint density at radius 2 is 2.02 bits per heavy atom. The first-order valence-electron chi connectivity index (χ1n) is 15.7. The standard InChI is InChI=1S/C32H46N4O7/c1-20(28(39)36-11-14-41-15-12-36)34-25-17-23-30(2,9-7-26(38)31(23,3)18-37)24(32(25)19-43-32)16-22(21-8-13-42-29(21)40)35-27-6-4-5-10-33-27/h4-6,8,10,20,22-26,34,37-38H,7,9,11-19H2,1-3H3,(H,33,35)/t20?,22?,23?,24?,25?,26-,30+,31+,32?/m1/s1. The van der Waals surface area contributed by atoms with Crippen molar-refractivity contribution in [1.82, 2.24) is 15.2 Å². The second kappa shape index (κ2) is 11.7. The first-order chi connectivity index (χ1) is 20.6. The van der Waals surface area contributed by atoms with Gasteiger partial charge in [-0.25, -0.2) is 9.78 Å². The molecule has 0 bridgehead atoms. The van der Waals surface area contributed by atoms with Crippen LogP contribution in [0.4, 0.5) is 5.82 Å². The van der Waals surface area contributed by atoms with Crippen molar-refractivity contribution >= 4 is 17.7 Å². The fraction of sp³-hybridized carbons (Fsp3) is 0.719. The number of amides is 1. The van der Waals surface area contributed by atoms with Gasteiger partial charge in [0.25, 0.3) is 0 Å². The Morgan fingerprint density at radius 3 is 2.65 bits per heavy atom. The van der Waals surface area contributed by atoms with Gasteiger partial charge in [0.1, 0.15) is 18.0 Å². The van der Waals surface area contributed by atoms with E-state index in [9.17, 15) is 19.8 Å². The van der Waals surface area contributed by atoms with Gasteiger partial charge in [0.05, 0.1) is 50.2 Å². The quantitative estimate of drug-likeness (QED) is 0.244. The van der Waals surface area contributed by atoms with Crippen molar-refractivity contribution in [3.05, 3.63) is 36.0 Å². The monoisotopic (exact) mass is 598 g/mol. The van der Waals surface area contributed by atoms with Crippen LogP contribution in [0.1, 0.15) is 46.5 Å². The number of ether oxygens (including phenoxy) is 3. The van der Waals surface area contributed by atoms with Crippen molar-refractivity contribution in [1.29, 1.82) is 0 Å². The molecule has 43 heavy (non-hydrogen) atoms. The molecular weight excluding hydrogens is 552 g/mol. The van der Waals surface area contributed by atoms with Crippen molar-refractivity contribution in [3.63, 3.8) is 0 Å². The highest BCUT2D eigenvalue weighted by Gasteiger charge is 2.71. The maximum Gasteiger partial charge on any atom is 0.336 e. The normalized spacial score (nSPS) is 38.6. The van der Waals surface area contributed by atoms with Gasteiger partial charge in [0.2, 0.25) is 5.91 Å². The maximum atomic E-state index is 13.5. The first-order valence-corrected chi connectivity index (χ1v) is 15.7. The summed E-state index contributed by atoms with van der Waals surface area (Å²) >= 11 is 0. The fourth-order valence-corrected chi connectivity index (χ4v) is 8.72. The summed E-state index contributed by atoms with van der Waals surface area (Å²) < 4.78 is 17.3. The summed E-state index contributed by atoms with van der Waals surface area (Å²) in [7, 11) is 0. The molecule has 1 spiro atoms. The minimum atomic E-state index is -0.728. The van der Waals surface area contributed by atoms with E-state index in [0.717, 1.165) is 6.42 Å². The number of anilines is 1. The van der Waals surface area contributed by atoms with Crippen LogP contribution in [0.5, 0.6) is 0 Å². The van der Waals surface area contributed by atoms with Crippen molar-refractivity contribution in [2.24, 2.45) is 22.7 Å². The first kappa shape index (κ1) is 30.5. The zero-order chi connectivity index (χ0) is 30.4. The van der Waals surface area contributed by atoms with E-state index in [-0.39, 0.29) is 54.4 Å². The Balaban J connectivity index is 1.35. The minimum Gasteiger partial charge on any atom is -0.458 e. The number of pyridine rings is 1. The lowest BCUT2D eigenvalue weighted by Gasteiger charge is -2.63. The van der Waals surface area contributed by atoms with Crippen molar-refractivity contribution in [2.75, 3.05) is 51.4 Å². The number of hydrogen-bond acceptors (Lipinski definition) is 10. The molecular formula is C32H46N4O7. The summed E-state index contributed by atoms with van der Waals surface area (Å²) in [6, 6.07) is 4.61. The molecule has 6 rings (SSSR count). The molecule has 2 aliphatic carbocycles. The second-order valence-corrected chi connectivity index (χ2v) is 13.6. The summed E-state index contributed by atoms with van der Waals surface area (Å²) in [6.45, 7) is 9.00. The number of epoxide rings is 1. The van der Waals surface area contributed by atoms with Gasteiger partial charge in [-0.2, -0.15) is 0 Å². The molecule has 1 aromatic rings. The van der Waals surface area contributed by atoms with Gasteiger partial charge in [0.15, 0.2) is 0 Å². The molecule has 4 N–H and O–H groups in total. The Morgan fingerprint density at radius 1 is 1.26 bits per heavy atom. The second-order valence-electron chi connectivity index (χ2n) is 13.6. The predicted molar refractivity (Wildman–Crippen MR) is 158 cm³/mol. The summed E-state index contributed by atoms with van der Waals surface area (Å²) in [6.07, 6.45) is 5.47. The SMILES string of the molecule is CC(NC1CC2[C@](C)(CC[C@@H](O)[C@@]2(C)CO)C(CC(Nc2ccccn2)C2=CCOC2=O)C12CO2)C(=O)N1CCOCC1. The van der Waals surface area contributed by atoms with Crippen molar-refractivity contribution < 1.29 is 34.0 Å². The number of aliphatic hydroxyl groups is 2. The van der Waals surface area contributed by atoms with E-state index in [1.165, 1.54) is 0 Å². The van der Waals surface area contributed by atoms with Crippen LogP contribution in [0.25, 0.3) is 0 Å². The molecule has 2 saturated heterocycles. The lowest BCUT2D eigenvalue weighted by Crippen LogP contribution is -2.68. The van der Waals surface area contributed by atoms with Crippen molar-refractivity contribution in [2.45, 2.75) is 76.3 Å². The van der Waals surface area contributed by atoms with Gasteiger partial charge in [-0.1, -0.05) is 19.9 Å². The molecule has 11 nitrogen and oxygen atoms in total. The number of rotatable bonds is 9.